The highest BCUT2D eigenvalue weighted by atomic mass is 16.3. The minimum absolute atomic E-state index is 0.299. The minimum Gasteiger partial charge on any atom is -0.387 e. The molecule has 68 valence electrons. The first kappa shape index (κ1) is 10.6. The molecule has 0 bridgehead atoms. The van der Waals surface area contributed by atoms with Crippen LogP contribution in [0.1, 0.15) is 0 Å². The molecule has 1 atom stereocenters. The van der Waals surface area contributed by atoms with Crippen molar-refractivity contribution in [3.63, 3.8) is 0 Å². The molecule has 0 saturated heterocycles. The molecule has 0 fully saturated rings. The van der Waals surface area contributed by atoms with Gasteiger partial charge in [-0.25, -0.2) is 9.69 Å². The third-order valence-electron chi connectivity index (χ3n) is 1.12. The molecule has 6 heteroatoms. The fourth-order valence-electron chi connectivity index (χ4n) is 0.582. The van der Waals surface area contributed by atoms with Crippen molar-refractivity contribution in [2.75, 3.05) is 6.61 Å². The molecule has 6 nitrogen and oxygen atoms in total. The van der Waals surface area contributed by atoms with Crippen LogP contribution in [0.2, 0.25) is 0 Å². The van der Waals surface area contributed by atoms with Crippen molar-refractivity contribution in [2.24, 2.45) is 5.73 Å². The first-order valence-corrected chi connectivity index (χ1v) is 3.07. The maximum atomic E-state index is 10.7. The molecule has 4 N–H and O–H groups in total. The highest BCUT2D eigenvalue weighted by molar-refractivity contribution is 5.94. The smallest absolute Gasteiger partial charge is 0.323 e. The largest absolute Gasteiger partial charge is 0.387 e. The van der Waals surface area contributed by atoms with Crippen LogP contribution < -0.4 is 5.73 Å². The Balaban J connectivity index is 4.54. The number of hydrogen-bond acceptors (Lipinski definition) is 4. The fourth-order valence-corrected chi connectivity index (χ4v) is 0.582. The van der Waals surface area contributed by atoms with Gasteiger partial charge in [-0.2, -0.15) is 0 Å². The topological polar surface area (TPSA) is 104 Å². The van der Waals surface area contributed by atoms with E-state index in [2.05, 4.69) is 6.58 Å². The lowest BCUT2D eigenvalue weighted by Gasteiger charge is -2.20. The zero-order chi connectivity index (χ0) is 9.72. The summed E-state index contributed by atoms with van der Waals surface area (Å²) in [6, 6.07) is -1.14. The number of nitrogens with zero attached hydrogens (tertiary/aromatic N) is 1. The van der Waals surface area contributed by atoms with Crippen LogP contribution in [0.4, 0.5) is 4.79 Å². The van der Waals surface area contributed by atoms with Crippen LogP contribution in [0.25, 0.3) is 0 Å². The first-order valence-electron chi connectivity index (χ1n) is 3.07. The number of rotatable bonds is 3. The van der Waals surface area contributed by atoms with E-state index in [-0.39, 0.29) is 0 Å². The average Bonchev–Trinajstić information content (AvgIpc) is 2.03. The zero-order valence-electron chi connectivity index (χ0n) is 6.30. The second kappa shape index (κ2) is 4.47. The van der Waals surface area contributed by atoms with E-state index >= 15 is 0 Å². The normalized spacial score (nSPS) is 11.8. The predicted octanol–water partition coefficient (Wildman–Crippen LogP) is -1.61. The number of nitrogens with two attached hydrogens (primary N) is 1. The van der Waals surface area contributed by atoms with Gasteiger partial charge in [0.1, 0.15) is 6.61 Å². The lowest BCUT2D eigenvalue weighted by atomic mass is 10.4. The number of amides is 3. The lowest BCUT2D eigenvalue weighted by Crippen LogP contribution is -2.47. The quantitative estimate of drug-likeness (QED) is 0.353. The Morgan fingerprint density at radius 2 is 2.17 bits per heavy atom. The first-order chi connectivity index (χ1) is 5.54. The van der Waals surface area contributed by atoms with Crippen LogP contribution in [0.15, 0.2) is 12.7 Å². The second-order valence-electron chi connectivity index (χ2n) is 1.91. The second-order valence-corrected chi connectivity index (χ2v) is 1.91. The molecule has 0 aromatic rings. The number of aliphatic hydroxyl groups is 2. The summed E-state index contributed by atoms with van der Waals surface area (Å²) in [7, 11) is 0. The Hall–Kier alpha value is -1.40. The molecule has 0 saturated carbocycles. The molecule has 0 aromatic carbocycles. The van der Waals surface area contributed by atoms with Gasteiger partial charge in [-0.05, 0) is 6.08 Å². The number of aliphatic hydroxyl groups excluding tert-OH is 2. The van der Waals surface area contributed by atoms with Crippen LogP contribution in [0.3, 0.4) is 0 Å². The Labute approximate surface area is 68.9 Å². The maximum absolute atomic E-state index is 10.7. The molecule has 1 unspecified atom stereocenters. The highest BCUT2D eigenvalue weighted by Gasteiger charge is 2.23. The number of carbonyl (C=O) groups is 2. The molecular weight excluding hydrogens is 164 g/mol. The van der Waals surface area contributed by atoms with Crippen LogP contribution in [0, 0.1) is 0 Å². The Morgan fingerprint density at radius 3 is 2.42 bits per heavy atom. The summed E-state index contributed by atoms with van der Waals surface area (Å²) < 4.78 is 0. The Bertz CT molecular complexity index is 204. The Morgan fingerprint density at radius 1 is 1.67 bits per heavy atom. The summed E-state index contributed by atoms with van der Waals surface area (Å²) in [5.74, 6) is -0.977. The van der Waals surface area contributed by atoms with Gasteiger partial charge < -0.3 is 15.9 Å². The summed E-state index contributed by atoms with van der Waals surface area (Å²) in [6.07, 6.45) is -0.555. The molecule has 0 aliphatic heterocycles. The number of urea groups is 1. The van der Waals surface area contributed by atoms with E-state index in [0.29, 0.717) is 4.90 Å². The molecule has 0 aliphatic carbocycles. The van der Waals surface area contributed by atoms with Gasteiger partial charge in [-0.15, -0.1) is 0 Å². The van der Waals surface area contributed by atoms with Crippen LogP contribution >= 0.6 is 0 Å². The number of hydrogen-bond donors (Lipinski definition) is 3. The minimum atomic E-state index is -1.50. The standard InChI is InChI=1S/C6H10N2O4/c1-2-4(10)8(6(7)12)5(11)3-9/h2,4,9-10H,1,3H2,(H2,7,12). The van der Waals surface area contributed by atoms with Gasteiger partial charge in [0.25, 0.3) is 5.91 Å². The third kappa shape index (κ3) is 2.33. The van der Waals surface area contributed by atoms with Gasteiger partial charge in [0.05, 0.1) is 0 Å². The molecule has 12 heavy (non-hydrogen) atoms. The number of carbonyl (C=O) groups excluding carboxylic acids is 2. The van der Waals surface area contributed by atoms with E-state index < -0.39 is 24.8 Å². The molecule has 0 aliphatic rings. The highest BCUT2D eigenvalue weighted by Crippen LogP contribution is 1.97. The van der Waals surface area contributed by atoms with Gasteiger partial charge in [0.2, 0.25) is 0 Å². The number of primary amides is 1. The van der Waals surface area contributed by atoms with Crippen molar-refractivity contribution in [3.05, 3.63) is 12.7 Å². The fraction of sp³-hybridized carbons (Fsp3) is 0.333. The summed E-state index contributed by atoms with van der Waals surface area (Å²) in [5, 5.41) is 17.3. The zero-order valence-corrected chi connectivity index (χ0v) is 6.30. The van der Waals surface area contributed by atoms with Crippen molar-refractivity contribution in [3.8, 4) is 0 Å². The average molecular weight is 174 g/mol. The van der Waals surface area contributed by atoms with E-state index in [1.807, 2.05) is 0 Å². The van der Waals surface area contributed by atoms with E-state index in [4.69, 9.17) is 15.9 Å². The molecule has 0 radical (unpaired) electrons. The lowest BCUT2D eigenvalue weighted by molar-refractivity contribution is -0.136. The van der Waals surface area contributed by atoms with E-state index in [0.717, 1.165) is 6.08 Å². The SMILES string of the molecule is C=CC(O)N(C(N)=O)C(=O)CO. The van der Waals surface area contributed by atoms with Gasteiger partial charge in [-0.3, -0.25) is 4.79 Å². The van der Waals surface area contributed by atoms with Gasteiger partial charge >= 0.3 is 6.03 Å². The van der Waals surface area contributed by atoms with Gasteiger partial charge in [0, 0.05) is 0 Å². The van der Waals surface area contributed by atoms with Gasteiger partial charge in [-0.1, -0.05) is 6.58 Å². The monoisotopic (exact) mass is 174 g/mol. The summed E-state index contributed by atoms with van der Waals surface area (Å²) >= 11 is 0. The van der Waals surface area contributed by atoms with E-state index in [1.165, 1.54) is 0 Å². The summed E-state index contributed by atoms with van der Waals surface area (Å²) in [4.78, 5) is 21.5. The molecule has 0 heterocycles. The van der Waals surface area contributed by atoms with Crippen molar-refractivity contribution in [1.82, 2.24) is 4.90 Å². The molecule has 0 aromatic heterocycles. The maximum Gasteiger partial charge on any atom is 0.323 e. The molecular formula is C6H10N2O4. The van der Waals surface area contributed by atoms with E-state index in [1.54, 1.807) is 0 Å². The Kier molecular flexibility index (Phi) is 3.95. The summed E-state index contributed by atoms with van der Waals surface area (Å²) in [6.45, 7) is 2.25. The van der Waals surface area contributed by atoms with Crippen molar-refractivity contribution in [2.45, 2.75) is 6.23 Å². The third-order valence-corrected chi connectivity index (χ3v) is 1.12. The van der Waals surface area contributed by atoms with Crippen LogP contribution in [0.5, 0.6) is 0 Å². The van der Waals surface area contributed by atoms with Crippen LogP contribution in [-0.2, 0) is 4.79 Å². The van der Waals surface area contributed by atoms with Crippen molar-refractivity contribution >= 4 is 11.9 Å². The summed E-state index contributed by atoms with van der Waals surface area (Å²) in [5.41, 5.74) is 4.74. The molecule has 0 spiro atoms. The molecule has 3 amide bonds. The van der Waals surface area contributed by atoms with E-state index in [9.17, 15) is 9.59 Å². The number of imide groups is 1. The molecule has 0 rings (SSSR count). The predicted molar refractivity (Wildman–Crippen MR) is 39.7 cm³/mol. The van der Waals surface area contributed by atoms with Crippen molar-refractivity contribution in [1.29, 1.82) is 0 Å². The van der Waals surface area contributed by atoms with Crippen LogP contribution in [-0.4, -0.2) is 39.9 Å². The van der Waals surface area contributed by atoms with Crippen molar-refractivity contribution < 1.29 is 19.8 Å². The van der Waals surface area contributed by atoms with Gasteiger partial charge in [0.15, 0.2) is 6.23 Å².